The number of hydrogen-bond donors (Lipinski definition) is 1. The molecule has 13 nitrogen and oxygen atoms in total. The van der Waals surface area contributed by atoms with Crippen LogP contribution in [0.15, 0.2) is 12.1 Å². The van der Waals surface area contributed by atoms with E-state index in [2.05, 4.69) is 0 Å². The van der Waals surface area contributed by atoms with Gasteiger partial charge < -0.3 is 0 Å². The fraction of sp³-hybridized carbons (Fsp3) is 0. The van der Waals surface area contributed by atoms with Crippen LogP contribution in [0.2, 0.25) is 0 Å². The monoisotopic (exact) mass is 321 g/mol. The van der Waals surface area contributed by atoms with E-state index < -0.39 is 52.6 Å². The number of benzene rings is 1. The van der Waals surface area contributed by atoms with Gasteiger partial charge in [-0.3, -0.25) is 39.7 Å². The second kappa shape index (κ2) is 5.17. The van der Waals surface area contributed by atoms with E-state index in [4.69, 9.17) is 4.55 Å². The molecule has 0 bridgehead atoms. The molecular formula is C7H3N3O10S. The fourth-order valence-electron chi connectivity index (χ4n) is 1.38. The summed E-state index contributed by atoms with van der Waals surface area (Å²) in [6.45, 7) is 0. The van der Waals surface area contributed by atoms with Crippen molar-refractivity contribution in [3.05, 3.63) is 48.0 Å². The lowest BCUT2D eigenvalue weighted by Crippen LogP contribution is -2.16. The molecule has 0 aliphatic heterocycles. The van der Waals surface area contributed by atoms with Crippen LogP contribution in [-0.4, -0.2) is 32.9 Å². The molecule has 112 valence electrons. The van der Waals surface area contributed by atoms with Gasteiger partial charge in [-0.25, -0.2) is 0 Å². The van der Waals surface area contributed by atoms with Gasteiger partial charge in [0.05, 0.1) is 14.8 Å². The minimum absolute atomic E-state index is 0.333. The van der Waals surface area contributed by atoms with E-state index in [-0.39, 0.29) is 0 Å². The zero-order valence-corrected chi connectivity index (χ0v) is 10.3. The van der Waals surface area contributed by atoms with Crippen molar-refractivity contribution in [2.75, 3.05) is 0 Å². The molecule has 0 amide bonds. The molecule has 0 aromatic heterocycles. The highest BCUT2D eigenvalue weighted by atomic mass is 32.2. The number of hydrogen-bond acceptors (Lipinski definition) is 9. The quantitative estimate of drug-likeness (QED) is 0.460. The average Bonchev–Trinajstić information content (AvgIpc) is 2.34. The van der Waals surface area contributed by atoms with E-state index in [1.165, 1.54) is 0 Å². The molecule has 1 aromatic carbocycles. The Morgan fingerprint density at radius 2 is 1.43 bits per heavy atom. The van der Waals surface area contributed by atoms with Gasteiger partial charge in [-0.05, 0) is 6.07 Å². The van der Waals surface area contributed by atoms with Crippen molar-refractivity contribution >= 4 is 32.3 Å². The maximum atomic E-state index is 11.3. The molecule has 21 heavy (non-hydrogen) atoms. The molecule has 0 fully saturated rings. The van der Waals surface area contributed by atoms with Crippen LogP contribution in [0.5, 0.6) is 0 Å². The Bertz CT molecular complexity index is 782. The molecule has 0 saturated carbocycles. The lowest BCUT2D eigenvalue weighted by Gasteiger charge is -2.01. The third-order valence-electron chi connectivity index (χ3n) is 2.15. The van der Waals surface area contributed by atoms with Crippen molar-refractivity contribution in [3.63, 3.8) is 0 Å². The molecule has 0 spiro atoms. The first-order valence-electron chi connectivity index (χ1n) is 4.60. The van der Waals surface area contributed by atoms with Crippen molar-refractivity contribution in [3.8, 4) is 0 Å². The van der Waals surface area contributed by atoms with Crippen molar-refractivity contribution in [2.45, 2.75) is 0 Å². The minimum Gasteiger partial charge on any atom is -0.279 e. The van der Waals surface area contributed by atoms with Crippen molar-refractivity contribution in [1.82, 2.24) is 0 Å². The van der Waals surface area contributed by atoms with E-state index in [0.29, 0.717) is 12.1 Å². The predicted molar refractivity (Wildman–Crippen MR) is 62.3 cm³/mol. The number of rotatable bonds is 4. The van der Waals surface area contributed by atoms with E-state index in [0.717, 1.165) is 0 Å². The van der Waals surface area contributed by atoms with E-state index in [9.17, 15) is 43.6 Å². The maximum absolute atomic E-state index is 11.3. The molecular weight excluding hydrogens is 318 g/mol. The van der Waals surface area contributed by atoms with Crippen LogP contribution in [0.1, 0.15) is 10.4 Å². The van der Waals surface area contributed by atoms with Gasteiger partial charge in [-0.1, -0.05) is 0 Å². The highest BCUT2D eigenvalue weighted by molar-refractivity contribution is 8.01. The van der Waals surface area contributed by atoms with Gasteiger partial charge >= 0.3 is 32.3 Å². The van der Waals surface area contributed by atoms with Crippen LogP contribution in [0, 0.1) is 30.3 Å². The predicted octanol–water partition coefficient (Wildman–Crippen LogP) is 0.439. The Labute approximate surface area is 114 Å². The summed E-state index contributed by atoms with van der Waals surface area (Å²) < 4.78 is 29.9. The molecule has 14 heteroatoms. The summed E-state index contributed by atoms with van der Waals surface area (Å²) in [6, 6.07) is 0.683. The summed E-state index contributed by atoms with van der Waals surface area (Å²) in [7, 11) is -5.42. The maximum Gasteiger partial charge on any atom is 0.423 e. The summed E-state index contributed by atoms with van der Waals surface area (Å²) >= 11 is 0. The molecule has 0 aliphatic carbocycles. The highest BCUT2D eigenvalue weighted by Crippen LogP contribution is 2.39. The first-order chi connectivity index (χ1) is 9.48. The molecule has 0 aliphatic rings. The average molecular weight is 321 g/mol. The van der Waals surface area contributed by atoms with Crippen LogP contribution in [0.4, 0.5) is 17.1 Å². The molecule has 1 aromatic rings. The first kappa shape index (κ1) is 16.1. The third-order valence-corrected chi connectivity index (χ3v) is 2.83. The zero-order valence-electron chi connectivity index (χ0n) is 9.53. The Balaban J connectivity index is 3.91. The van der Waals surface area contributed by atoms with Gasteiger partial charge in [-0.2, -0.15) is 8.42 Å². The van der Waals surface area contributed by atoms with Crippen LogP contribution in [0.25, 0.3) is 0 Å². The second-order valence-electron chi connectivity index (χ2n) is 3.36. The van der Waals surface area contributed by atoms with Gasteiger partial charge in [0.1, 0.15) is 5.56 Å². The fourth-order valence-corrected chi connectivity index (χ4v) is 1.83. The number of nitro groups is 3. The molecule has 0 heterocycles. The SMILES string of the molecule is O=C(c1ccc([N+](=O)[O-])c([N+](=O)[O-])c1[N+](=O)[O-])S(=O)(=O)O. The molecule has 0 radical (unpaired) electrons. The summed E-state index contributed by atoms with van der Waals surface area (Å²) in [5.74, 6) is 0. The first-order valence-corrected chi connectivity index (χ1v) is 6.04. The van der Waals surface area contributed by atoms with Crippen LogP contribution < -0.4 is 0 Å². The molecule has 0 atom stereocenters. The van der Waals surface area contributed by atoms with Gasteiger partial charge in [0.15, 0.2) is 0 Å². The van der Waals surface area contributed by atoms with Gasteiger partial charge in [0.2, 0.25) is 0 Å². The Kier molecular flexibility index (Phi) is 3.96. The van der Waals surface area contributed by atoms with Crippen LogP contribution in [-0.2, 0) is 10.1 Å². The topological polar surface area (TPSA) is 201 Å². The lowest BCUT2D eigenvalue weighted by atomic mass is 10.1. The summed E-state index contributed by atoms with van der Waals surface area (Å²) in [4.78, 5) is 39.1. The highest BCUT2D eigenvalue weighted by Gasteiger charge is 2.42. The smallest absolute Gasteiger partial charge is 0.279 e. The number of carbonyl (C=O) groups is 1. The largest absolute Gasteiger partial charge is 0.423 e. The third kappa shape index (κ3) is 2.95. The molecule has 0 unspecified atom stereocenters. The van der Waals surface area contributed by atoms with Crippen molar-refractivity contribution in [1.29, 1.82) is 0 Å². The summed E-state index contributed by atoms with van der Waals surface area (Å²) in [5, 5.41) is 30.0. The van der Waals surface area contributed by atoms with E-state index >= 15 is 0 Å². The van der Waals surface area contributed by atoms with Gasteiger partial charge in [0.25, 0.3) is 0 Å². The summed E-state index contributed by atoms with van der Waals surface area (Å²) in [6.07, 6.45) is 0. The van der Waals surface area contributed by atoms with Gasteiger partial charge in [-0.15, -0.1) is 0 Å². The molecule has 1 rings (SSSR count). The van der Waals surface area contributed by atoms with Crippen molar-refractivity contribution < 1.29 is 32.5 Å². The van der Waals surface area contributed by atoms with E-state index in [1.807, 2.05) is 0 Å². The number of nitro benzene ring substituents is 3. The second-order valence-corrected chi connectivity index (χ2v) is 4.68. The lowest BCUT2D eigenvalue weighted by molar-refractivity contribution is -0.441. The summed E-state index contributed by atoms with van der Waals surface area (Å²) in [5.41, 5.74) is -6.03. The number of carbonyl (C=O) groups excluding carboxylic acids is 1. The Morgan fingerprint density at radius 3 is 1.76 bits per heavy atom. The molecule has 0 saturated heterocycles. The standard InChI is InChI=1S/C7H3N3O10S/c11-7(21(18,19)20)3-1-2-4(8(12)13)6(10(16)17)5(3)9(14)15/h1-2H,(H,18,19,20). The van der Waals surface area contributed by atoms with Crippen molar-refractivity contribution in [2.24, 2.45) is 0 Å². The Hall–Kier alpha value is -3.00. The molecule has 1 N–H and O–H groups in total. The van der Waals surface area contributed by atoms with Crippen LogP contribution >= 0.6 is 0 Å². The Morgan fingerprint density at radius 1 is 0.952 bits per heavy atom. The zero-order chi connectivity index (χ0) is 16.5. The van der Waals surface area contributed by atoms with E-state index in [1.54, 1.807) is 0 Å². The normalized spacial score (nSPS) is 10.9. The number of nitrogens with zero attached hydrogens (tertiary/aromatic N) is 3. The van der Waals surface area contributed by atoms with Crippen LogP contribution in [0.3, 0.4) is 0 Å². The van der Waals surface area contributed by atoms with Gasteiger partial charge in [0, 0.05) is 6.07 Å². The minimum atomic E-state index is -5.42.